The third-order valence-corrected chi connectivity index (χ3v) is 5.03. The first-order valence-corrected chi connectivity index (χ1v) is 8.60. The Morgan fingerprint density at radius 3 is 2.61 bits per heavy atom. The molecule has 4 rings (SSSR count). The Morgan fingerprint density at radius 1 is 1.00 bits per heavy atom. The van der Waals surface area contributed by atoms with Gasteiger partial charge in [-0.1, -0.05) is 41.6 Å². The molecule has 3 aromatic rings. The van der Waals surface area contributed by atoms with Crippen molar-refractivity contribution in [3.63, 3.8) is 0 Å². The van der Waals surface area contributed by atoms with Crippen molar-refractivity contribution in [1.82, 2.24) is 0 Å². The molecule has 1 aliphatic heterocycles. The van der Waals surface area contributed by atoms with E-state index in [0.717, 1.165) is 16.5 Å². The van der Waals surface area contributed by atoms with Crippen LogP contribution in [0.2, 0.25) is 0 Å². The summed E-state index contributed by atoms with van der Waals surface area (Å²) < 4.78 is 5.77. The van der Waals surface area contributed by atoms with Gasteiger partial charge in [0, 0.05) is 21.2 Å². The van der Waals surface area contributed by atoms with Crippen LogP contribution in [0.5, 0.6) is 5.75 Å². The molecule has 0 atom stereocenters. The van der Waals surface area contributed by atoms with Crippen LogP contribution < -0.4 is 4.74 Å². The third kappa shape index (κ3) is 2.51. The highest BCUT2D eigenvalue weighted by Crippen LogP contribution is 2.44. The molecule has 0 spiro atoms. The maximum Gasteiger partial charge on any atom is 0.127 e. The first kappa shape index (κ1) is 14.3. The second-order valence-corrected chi connectivity index (χ2v) is 6.61. The van der Waals surface area contributed by atoms with E-state index in [0.29, 0.717) is 6.61 Å². The quantitative estimate of drug-likeness (QED) is 0.615. The average Bonchev–Trinajstić information content (AvgIpc) is 2.92. The minimum Gasteiger partial charge on any atom is -0.493 e. The summed E-state index contributed by atoms with van der Waals surface area (Å²) in [4.78, 5) is 6.11. The normalized spacial score (nSPS) is 14.6. The van der Waals surface area contributed by atoms with E-state index >= 15 is 0 Å². The maximum atomic E-state index is 5.77. The van der Waals surface area contributed by atoms with Gasteiger partial charge in [-0.15, -0.1) is 0 Å². The molecule has 0 aromatic heterocycles. The number of nitrogens with zero attached hydrogens (tertiary/aromatic N) is 1. The standard InChI is InChI=1S/C20H17NOS/c1-3-22-17-12-11-16-19-15(17)5-4-6-18(19)23-20(16)21-14-9-7-13(2)8-10-14/h4-12H,3H2,1-2H3. The van der Waals surface area contributed by atoms with Gasteiger partial charge in [0.2, 0.25) is 0 Å². The van der Waals surface area contributed by atoms with E-state index in [4.69, 9.17) is 9.73 Å². The lowest BCUT2D eigenvalue weighted by Crippen LogP contribution is -1.94. The minimum absolute atomic E-state index is 0.677. The van der Waals surface area contributed by atoms with E-state index in [2.05, 4.69) is 61.5 Å². The number of benzene rings is 3. The van der Waals surface area contributed by atoms with E-state index < -0.39 is 0 Å². The zero-order valence-corrected chi connectivity index (χ0v) is 14.0. The van der Waals surface area contributed by atoms with Gasteiger partial charge in [0.05, 0.1) is 12.3 Å². The molecule has 0 N–H and O–H groups in total. The van der Waals surface area contributed by atoms with E-state index in [1.807, 2.05) is 6.92 Å². The van der Waals surface area contributed by atoms with Crippen molar-refractivity contribution in [1.29, 1.82) is 0 Å². The van der Waals surface area contributed by atoms with Gasteiger partial charge in [-0.05, 0) is 44.2 Å². The van der Waals surface area contributed by atoms with Crippen LogP contribution in [0.15, 0.2) is 64.5 Å². The van der Waals surface area contributed by atoms with Crippen molar-refractivity contribution >= 4 is 33.3 Å². The maximum absolute atomic E-state index is 5.77. The van der Waals surface area contributed by atoms with Crippen molar-refractivity contribution in [3.8, 4) is 5.75 Å². The molecule has 0 aliphatic carbocycles. The zero-order valence-electron chi connectivity index (χ0n) is 13.2. The fraction of sp³-hybridized carbons (Fsp3) is 0.150. The summed E-state index contributed by atoms with van der Waals surface area (Å²) in [5, 5.41) is 3.49. The number of ether oxygens (including phenoxy) is 1. The zero-order chi connectivity index (χ0) is 15.8. The van der Waals surface area contributed by atoms with Gasteiger partial charge in [-0.3, -0.25) is 0 Å². The molecule has 1 heterocycles. The number of aryl methyl sites for hydroxylation is 1. The Kier molecular flexibility index (Phi) is 3.58. The molecule has 3 aromatic carbocycles. The van der Waals surface area contributed by atoms with Crippen LogP contribution in [0, 0.1) is 6.92 Å². The summed E-state index contributed by atoms with van der Waals surface area (Å²) in [6.45, 7) is 4.78. The lowest BCUT2D eigenvalue weighted by atomic mass is 10.0. The Labute approximate surface area is 140 Å². The summed E-state index contributed by atoms with van der Waals surface area (Å²) in [5.41, 5.74) is 3.44. The van der Waals surface area contributed by atoms with Crippen LogP contribution in [0.3, 0.4) is 0 Å². The van der Waals surface area contributed by atoms with Crippen molar-refractivity contribution in [2.75, 3.05) is 6.61 Å². The van der Waals surface area contributed by atoms with Gasteiger partial charge < -0.3 is 4.74 Å². The van der Waals surface area contributed by atoms with Crippen LogP contribution in [-0.2, 0) is 0 Å². The van der Waals surface area contributed by atoms with E-state index in [1.54, 1.807) is 11.8 Å². The number of rotatable bonds is 3. The Balaban J connectivity index is 1.85. The van der Waals surface area contributed by atoms with Crippen LogP contribution >= 0.6 is 11.8 Å². The second kappa shape index (κ2) is 5.74. The molecule has 0 fully saturated rings. The number of hydrogen-bond acceptors (Lipinski definition) is 3. The van der Waals surface area contributed by atoms with Crippen LogP contribution in [0.1, 0.15) is 18.1 Å². The number of aliphatic imine (C=N–C) groups is 1. The van der Waals surface area contributed by atoms with Crippen LogP contribution in [0.4, 0.5) is 5.69 Å². The Morgan fingerprint density at radius 2 is 1.83 bits per heavy atom. The largest absolute Gasteiger partial charge is 0.493 e. The first-order chi connectivity index (χ1) is 11.3. The monoisotopic (exact) mass is 319 g/mol. The molecule has 0 bridgehead atoms. The van der Waals surface area contributed by atoms with Gasteiger partial charge in [-0.25, -0.2) is 4.99 Å². The lowest BCUT2D eigenvalue weighted by molar-refractivity contribution is 0.344. The lowest BCUT2D eigenvalue weighted by Gasteiger charge is -2.08. The van der Waals surface area contributed by atoms with E-state index in [9.17, 15) is 0 Å². The third-order valence-electron chi connectivity index (χ3n) is 3.96. The van der Waals surface area contributed by atoms with Crippen molar-refractivity contribution in [3.05, 3.63) is 65.7 Å². The molecule has 0 amide bonds. The second-order valence-electron chi connectivity index (χ2n) is 5.58. The SMILES string of the molecule is CCOc1ccc2c3c(cccc13)SC2=Nc1ccc(C)cc1. The fourth-order valence-corrected chi connectivity index (χ4v) is 3.98. The molecular weight excluding hydrogens is 302 g/mol. The molecular formula is C20H17NOS. The minimum atomic E-state index is 0.677. The highest BCUT2D eigenvalue weighted by molar-refractivity contribution is 8.15. The average molecular weight is 319 g/mol. The van der Waals surface area contributed by atoms with Gasteiger partial charge in [-0.2, -0.15) is 0 Å². The predicted molar refractivity (Wildman–Crippen MR) is 98.4 cm³/mol. The van der Waals surface area contributed by atoms with Gasteiger partial charge in [0.25, 0.3) is 0 Å². The summed E-state index contributed by atoms with van der Waals surface area (Å²) in [5.74, 6) is 0.949. The van der Waals surface area contributed by atoms with E-state index in [-0.39, 0.29) is 0 Å². The summed E-state index contributed by atoms with van der Waals surface area (Å²) in [6, 6.07) is 18.9. The topological polar surface area (TPSA) is 21.6 Å². The summed E-state index contributed by atoms with van der Waals surface area (Å²) in [7, 11) is 0. The van der Waals surface area contributed by atoms with Crippen molar-refractivity contribution in [2.45, 2.75) is 18.7 Å². The Bertz CT molecular complexity index is 913. The summed E-state index contributed by atoms with van der Waals surface area (Å²) >= 11 is 1.73. The van der Waals surface area contributed by atoms with Crippen molar-refractivity contribution < 1.29 is 4.74 Å². The molecule has 2 nitrogen and oxygen atoms in total. The Hall–Kier alpha value is -2.26. The summed E-state index contributed by atoms with van der Waals surface area (Å²) in [6.07, 6.45) is 0. The molecule has 0 unspecified atom stereocenters. The molecule has 3 heteroatoms. The predicted octanol–water partition coefficient (Wildman–Crippen LogP) is 5.73. The molecule has 114 valence electrons. The molecule has 0 radical (unpaired) electrons. The molecule has 23 heavy (non-hydrogen) atoms. The van der Waals surface area contributed by atoms with Gasteiger partial charge >= 0.3 is 0 Å². The van der Waals surface area contributed by atoms with Crippen LogP contribution in [-0.4, -0.2) is 11.7 Å². The van der Waals surface area contributed by atoms with Gasteiger partial charge in [0.15, 0.2) is 0 Å². The first-order valence-electron chi connectivity index (χ1n) is 7.78. The van der Waals surface area contributed by atoms with Crippen molar-refractivity contribution in [2.24, 2.45) is 4.99 Å². The highest BCUT2D eigenvalue weighted by atomic mass is 32.2. The number of thioether (sulfide) groups is 1. The smallest absolute Gasteiger partial charge is 0.127 e. The fourth-order valence-electron chi connectivity index (χ4n) is 2.87. The van der Waals surface area contributed by atoms with Crippen LogP contribution in [0.25, 0.3) is 10.8 Å². The number of hydrogen-bond donors (Lipinski definition) is 0. The highest BCUT2D eigenvalue weighted by Gasteiger charge is 2.22. The molecule has 0 saturated carbocycles. The van der Waals surface area contributed by atoms with Gasteiger partial charge in [0.1, 0.15) is 10.8 Å². The van der Waals surface area contributed by atoms with E-state index in [1.165, 1.54) is 26.8 Å². The molecule has 0 saturated heterocycles. The molecule has 1 aliphatic rings.